The van der Waals surface area contributed by atoms with Crippen molar-refractivity contribution >= 4 is 5.69 Å². The van der Waals surface area contributed by atoms with E-state index in [2.05, 4.69) is 10.6 Å². The molecule has 0 saturated carbocycles. The van der Waals surface area contributed by atoms with Crippen LogP contribution in [0, 0.1) is 0 Å². The molecule has 0 spiro atoms. The second-order valence-electron chi connectivity index (χ2n) is 2.43. The maximum atomic E-state index is 5.43. The molecule has 1 aromatic rings. The molecule has 2 N–H and O–H groups in total. The number of rotatable bonds is 1. The summed E-state index contributed by atoms with van der Waals surface area (Å²) in [6.45, 7) is 0. The van der Waals surface area contributed by atoms with Crippen LogP contribution in [-0.4, -0.2) is 13.4 Å². The van der Waals surface area contributed by atoms with Crippen LogP contribution in [0.2, 0.25) is 0 Å². The zero-order chi connectivity index (χ0) is 7.68. The molecular weight excluding hydrogens is 140 g/mol. The first-order chi connectivity index (χ1) is 5.40. The summed E-state index contributed by atoms with van der Waals surface area (Å²) in [7, 11) is 1.85. The first-order valence-electron chi connectivity index (χ1n) is 3.59. The van der Waals surface area contributed by atoms with Gasteiger partial charge in [0.2, 0.25) is 6.35 Å². The van der Waals surface area contributed by atoms with Crippen molar-refractivity contribution in [3.63, 3.8) is 0 Å². The van der Waals surface area contributed by atoms with Crippen LogP contribution >= 0.6 is 0 Å². The fourth-order valence-corrected chi connectivity index (χ4v) is 1.12. The van der Waals surface area contributed by atoms with Gasteiger partial charge in [0.05, 0.1) is 5.69 Å². The molecule has 1 aromatic carbocycles. The number of anilines is 1. The highest BCUT2D eigenvalue weighted by atomic mass is 16.5. The van der Waals surface area contributed by atoms with Gasteiger partial charge in [-0.15, -0.1) is 0 Å². The largest absolute Gasteiger partial charge is 0.455 e. The minimum absolute atomic E-state index is 0.0765. The third-order valence-electron chi connectivity index (χ3n) is 1.68. The Kier molecular flexibility index (Phi) is 1.43. The fraction of sp³-hybridized carbons (Fsp3) is 0.250. The summed E-state index contributed by atoms with van der Waals surface area (Å²) in [6, 6.07) is 7.87. The number of benzene rings is 1. The summed E-state index contributed by atoms with van der Waals surface area (Å²) in [5.41, 5.74) is 1.05. The van der Waals surface area contributed by atoms with E-state index in [1.165, 1.54) is 0 Å². The molecule has 2 rings (SSSR count). The number of hydrogen-bond acceptors (Lipinski definition) is 3. The molecule has 0 bridgehead atoms. The molecule has 1 unspecified atom stereocenters. The van der Waals surface area contributed by atoms with E-state index in [0.717, 1.165) is 11.4 Å². The summed E-state index contributed by atoms with van der Waals surface area (Å²) >= 11 is 0. The van der Waals surface area contributed by atoms with Crippen LogP contribution in [0.3, 0.4) is 0 Å². The number of hydrogen-bond donors (Lipinski definition) is 2. The van der Waals surface area contributed by atoms with E-state index in [9.17, 15) is 0 Å². The lowest BCUT2D eigenvalue weighted by atomic mass is 10.3. The maximum absolute atomic E-state index is 5.43. The molecule has 1 heterocycles. The van der Waals surface area contributed by atoms with Gasteiger partial charge in [0.25, 0.3) is 0 Å². The molecule has 1 atom stereocenters. The van der Waals surface area contributed by atoms with E-state index in [4.69, 9.17) is 4.74 Å². The number of ether oxygens (including phenoxy) is 1. The predicted octanol–water partition coefficient (Wildman–Crippen LogP) is 0.994. The Bertz CT molecular complexity index is 237. The monoisotopic (exact) mass is 150 g/mol. The summed E-state index contributed by atoms with van der Waals surface area (Å²) in [5, 5.41) is 6.13. The van der Waals surface area contributed by atoms with Crippen molar-refractivity contribution in [2.75, 3.05) is 12.4 Å². The minimum atomic E-state index is -0.0765. The molecule has 58 valence electrons. The molecule has 0 aliphatic carbocycles. The van der Waals surface area contributed by atoms with Crippen molar-refractivity contribution in [3.05, 3.63) is 24.3 Å². The molecule has 1 aliphatic rings. The lowest BCUT2D eigenvalue weighted by Crippen LogP contribution is -2.34. The smallest absolute Gasteiger partial charge is 0.227 e. The minimum Gasteiger partial charge on any atom is -0.455 e. The predicted molar refractivity (Wildman–Crippen MR) is 43.5 cm³/mol. The SMILES string of the molecule is CNC1Nc2ccccc2O1. The molecular formula is C8H10N2O. The first-order valence-corrected chi connectivity index (χ1v) is 3.59. The summed E-state index contributed by atoms with van der Waals surface area (Å²) in [5.74, 6) is 0.909. The summed E-state index contributed by atoms with van der Waals surface area (Å²) in [4.78, 5) is 0. The van der Waals surface area contributed by atoms with E-state index >= 15 is 0 Å². The molecule has 0 fully saturated rings. The van der Waals surface area contributed by atoms with Crippen molar-refractivity contribution in [1.29, 1.82) is 0 Å². The molecule has 0 saturated heterocycles. The van der Waals surface area contributed by atoms with Gasteiger partial charge >= 0.3 is 0 Å². The van der Waals surface area contributed by atoms with Crippen molar-refractivity contribution in [1.82, 2.24) is 5.32 Å². The molecule has 3 heteroatoms. The normalized spacial score (nSPS) is 20.3. The van der Waals surface area contributed by atoms with Crippen molar-refractivity contribution in [2.45, 2.75) is 6.35 Å². The topological polar surface area (TPSA) is 33.3 Å². The van der Waals surface area contributed by atoms with Gasteiger partial charge in [-0.25, -0.2) is 0 Å². The lowest BCUT2D eigenvalue weighted by Gasteiger charge is -2.07. The average molecular weight is 150 g/mol. The number of nitrogens with one attached hydrogen (secondary N) is 2. The highest BCUT2D eigenvalue weighted by Crippen LogP contribution is 2.29. The second-order valence-corrected chi connectivity index (χ2v) is 2.43. The van der Waals surface area contributed by atoms with Gasteiger partial charge in [-0.05, 0) is 19.2 Å². The molecule has 0 radical (unpaired) electrons. The lowest BCUT2D eigenvalue weighted by molar-refractivity contribution is 0.224. The average Bonchev–Trinajstić information content (AvgIpc) is 2.46. The zero-order valence-corrected chi connectivity index (χ0v) is 6.29. The van der Waals surface area contributed by atoms with E-state index < -0.39 is 0 Å². The highest BCUT2D eigenvalue weighted by Gasteiger charge is 2.18. The summed E-state index contributed by atoms with van der Waals surface area (Å²) < 4.78 is 5.43. The number of para-hydroxylation sites is 2. The van der Waals surface area contributed by atoms with Crippen LogP contribution < -0.4 is 15.4 Å². The molecule has 3 nitrogen and oxygen atoms in total. The van der Waals surface area contributed by atoms with Gasteiger partial charge < -0.3 is 10.1 Å². The zero-order valence-electron chi connectivity index (χ0n) is 6.29. The van der Waals surface area contributed by atoms with Crippen LogP contribution in [0.25, 0.3) is 0 Å². The van der Waals surface area contributed by atoms with Crippen molar-refractivity contribution < 1.29 is 4.74 Å². The number of fused-ring (bicyclic) bond motifs is 1. The van der Waals surface area contributed by atoms with E-state index in [1.54, 1.807) is 0 Å². The van der Waals surface area contributed by atoms with Crippen LogP contribution in [0.5, 0.6) is 5.75 Å². The van der Waals surface area contributed by atoms with Gasteiger partial charge in [-0.3, -0.25) is 5.32 Å². The molecule has 1 aliphatic heterocycles. The Labute approximate surface area is 65.4 Å². The second kappa shape index (κ2) is 2.43. The summed E-state index contributed by atoms with van der Waals surface area (Å²) in [6.07, 6.45) is -0.0765. The van der Waals surface area contributed by atoms with Gasteiger partial charge in [0.1, 0.15) is 5.75 Å². The van der Waals surface area contributed by atoms with Gasteiger partial charge in [0, 0.05) is 0 Å². The van der Waals surface area contributed by atoms with E-state index in [0.29, 0.717) is 0 Å². The third-order valence-corrected chi connectivity index (χ3v) is 1.68. The van der Waals surface area contributed by atoms with Crippen LogP contribution in [0.15, 0.2) is 24.3 Å². The molecule has 11 heavy (non-hydrogen) atoms. The van der Waals surface area contributed by atoms with Gasteiger partial charge in [-0.1, -0.05) is 12.1 Å². The van der Waals surface area contributed by atoms with Crippen molar-refractivity contribution in [2.24, 2.45) is 0 Å². The highest BCUT2D eigenvalue weighted by molar-refractivity contribution is 5.59. The van der Waals surface area contributed by atoms with Crippen LogP contribution in [0.1, 0.15) is 0 Å². The Morgan fingerprint density at radius 2 is 2.27 bits per heavy atom. The molecule has 0 amide bonds. The van der Waals surface area contributed by atoms with E-state index in [-0.39, 0.29) is 6.35 Å². The first kappa shape index (κ1) is 6.49. The third kappa shape index (κ3) is 1.03. The van der Waals surface area contributed by atoms with Crippen LogP contribution in [0.4, 0.5) is 5.69 Å². The standard InChI is InChI=1S/C8H10N2O/c1-9-8-10-6-4-2-3-5-7(6)11-8/h2-5,8-10H,1H3. The molecule has 0 aromatic heterocycles. The van der Waals surface area contributed by atoms with Gasteiger partial charge in [-0.2, -0.15) is 0 Å². The van der Waals surface area contributed by atoms with Crippen LogP contribution in [-0.2, 0) is 0 Å². The maximum Gasteiger partial charge on any atom is 0.227 e. The van der Waals surface area contributed by atoms with Crippen molar-refractivity contribution in [3.8, 4) is 5.75 Å². The Morgan fingerprint density at radius 3 is 3.00 bits per heavy atom. The quantitative estimate of drug-likeness (QED) is 0.626. The Balaban J connectivity index is 2.27. The fourth-order valence-electron chi connectivity index (χ4n) is 1.12. The Hall–Kier alpha value is -1.22. The van der Waals surface area contributed by atoms with Gasteiger partial charge in [0.15, 0.2) is 0 Å². The Morgan fingerprint density at radius 1 is 1.45 bits per heavy atom. The van der Waals surface area contributed by atoms with E-state index in [1.807, 2.05) is 31.3 Å².